The highest BCUT2D eigenvalue weighted by Gasteiger charge is 2.31. The van der Waals surface area contributed by atoms with Gasteiger partial charge in [0.05, 0.1) is 13.2 Å². The summed E-state index contributed by atoms with van der Waals surface area (Å²) in [6.45, 7) is 2.45. The van der Waals surface area contributed by atoms with Crippen LogP contribution >= 0.6 is 0 Å². The fraction of sp³-hybridized carbons (Fsp3) is 0.750. The molecule has 0 aromatic rings. The van der Waals surface area contributed by atoms with Gasteiger partial charge in [-0.3, -0.25) is 9.59 Å². The van der Waals surface area contributed by atoms with E-state index in [4.69, 9.17) is 9.47 Å². The Hall–Kier alpha value is -1.06. The van der Waals surface area contributed by atoms with Gasteiger partial charge in [0.15, 0.2) is 5.92 Å². The molecule has 0 bridgehead atoms. The van der Waals surface area contributed by atoms with Crippen LogP contribution < -0.4 is 0 Å². The third-order valence-electron chi connectivity index (χ3n) is 1.74. The second kappa shape index (κ2) is 4.09. The molecular weight excluding hydrogens is 160 g/mol. The molecule has 1 saturated heterocycles. The van der Waals surface area contributed by atoms with Crippen molar-refractivity contribution in [1.29, 1.82) is 0 Å². The van der Waals surface area contributed by atoms with Gasteiger partial charge in [0, 0.05) is 0 Å². The van der Waals surface area contributed by atoms with Crippen molar-refractivity contribution >= 4 is 11.9 Å². The number of carbonyl (C=O) groups excluding carboxylic acids is 2. The summed E-state index contributed by atoms with van der Waals surface area (Å²) in [6, 6.07) is 0. The van der Waals surface area contributed by atoms with E-state index < -0.39 is 17.9 Å². The molecule has 68 valence electrons. The number of hydrogen-bond acceptors (Lipinski definition) is 4. The van der Waals surface area contributed by atoms with Gasteiger partial charge in [0.2, 0.25) is 0 Å². The summed E-state index contributed by atoms with van der Waals surface area (Å²) in [5, 5.41) is 0. The Labute approximate surface area is 70.8 Å². The monoisotopic (exact) mass is 172 g/mol. The molecule has 1 rings (SSSR count). The molecule has 0 saturated carbocycles. The zero-order chi connectivity index (χ0) is 8.97. The second-order valence-corrected chi connectivity index (χ2v) is 2.61. The fourth-order valence-electron chi connectivity index (χ4n) is 1.14. The van der Waals surface area contributed by atoms with Crippen molar-refractivity contribution in [3.8, 4) is 0 Å². The molecule has 1 aliphatic heterocycles. The lowest BCUT2D eigenvalue weighted by Crippen LogP contribution is -2.32. The molecule has 1 unspecified atom stereocenters. The van der Waals surface area contributed by atoms with Crippen LogP contribution in [0.15, 0.2) is 0 Å². The molecule has 1 fully saturated rings. The van der Waals surface area contributed by atoms with Gasteiger partial charge in [-0.1, -0.05) is 0 Å². The van der Waals surface area contributed by atoms with E-state index in [1.165, 1.54) is 0 Å². The van der Waals surface area contributed by atoms with Crippen molar-refractivity contribution in [2.24, 2.45) is 5.92 Å². The number of esters is 2. The van der Waals surface area contributed by atoms with E-state index in [9.17, 15) is 9.59 Å². The zero-order valence-electron chi connectivity index (χ0n) is 7.04. The zero-order valence-corrected chi connectivity index (χ0v) is 7.04. The Bertz CT molecular complexity index is 187. The van der Waals surface area contributed by atoms with Crippen molar-refractivity contribution in [3.05, 3.63) is 0 Å². The summed E-state index contributed by atoms with van der Waals surface area (Å²) in [7, 11) is 0. The third kappa shape index (κ3) is 1.96. The van der Waals surface area contributed by atoms with Gasteiger partial charge >= 0.3 is 11.9 Å². The Morgan fingerprint density at radius 1 is 1.75 bits per heavy atom. The van der Waals surface area contributed by atoms with Crippen molar-refractivity contribution in [1.82, 2.24) is 0 Å². The predicted molar refractivity (Wildman–Crippen MR) is 40.3 cm³/mol. The number of rotatable bonds is 2. The fourth-order valence-corrected chi connectivity index (χ4v) is 1.14. The average molecular weight is 172 g/mol. The molecule has 0 aliphatic carbocycles. The van der Waals surface area contributed by atoms with Crippen LogP contribution in [0.25, 0.3) is 0 Å². The molecule has 4 nitrogen and oxygen atoms in total. The summed E-state index contributed by atoms with van der Waals surface area (Å²) in [4.78, 5) is 22.1. The Kier molecular flexibility index (Phi) is 3.08. The Morgan fingerprint density at radius 3 is 3.08 bits per heavy atom. The third-order valence-corrected chi connectivity index (χ3v) is 1.74. The summed E-state index contributed by atoms with van der Waals surface area (Å²) < 4.78 is 9.43. The van der Waals surface area contributed by atoms with Crippen LogP contribution in [0.2, 0.25) is 0 Å². The largest absolute Gasteiger partial charge is 0.465 e. The number of hydrogen-bond donors (Lipinski definition) is 0. The number of ether oxygens (including phenoxy) is 2. The molecule has 1 aliphatic rings. The van der Waals surface area contributed by atoms with Gasteiger partial charge < -0.3 is 9.47 Å². The van der Waals surface area contributed by atoms with E-state index in [1.807, 2.05) is 0 Å². The Morgan fingerprint density at radius 2 is 2.50 bits per heavy atom. The van der Waals surface area contributed by atoms with Crippen molar-refractivity contribution in [2.75, 3.05) is 13.2 Å². The molecular formula is C8H12O4. The van der Waals surface area contributed by atoms with E-state index in [1.54, 1.807) is 6.92 Å². The van der Waals surface area contributed by atoms with Crippen LogP contribution in [0.5, 0.6) is 0 Å². The molecule has 4 heteroatoms. The molecule has 0 radical (unpaired) electrons. The van der Waals surface area contributed by atoms with Gasteiger partial charge in [-0.05, 0) is 19.8 Å². The maximum absolute atomic E-state index is 11.1. The number of cyclic esters (lactones) is 1. The highest BCUT2D eigenvalue weighted by atomic mass is 16.6. The maximum Gasteiger partial charge on any atom is 0.320 e. The topological polar surface area (TPSA) is 52.6 Å². The van der Waals surface area contributed by atoms with E-state index in [-0.39, 0.29) is 0 Å². The Balaban J connectivity index is 2.48. The normalized spacial score (nSPS) is 23.1. The molecule has 0 aromatic carbocycles. The molecule has 0 amide bonds. The first kappa shape index (κ1) is 9.03. The lowest BCUT2D eigenvalue weighted by Gasteiger charge is -2.18. The number of carbonyl (C=O) groups is 2. The maximum atomic E-state index is 11.1. The molecule has 12 heavy (non-hydrogen) atoms. The minimum atomic E-state index is -0.682. The van der Waals surface area contributed by atoms with Crippen molar-refractivity contribution in [3.63, 3.8) is 0 Å². The predicted octanol–water partition coefficient (Wildman–Crippen LogP) is 0.503. The summed E-state index contributed by atoms with van der Waals surface area (Å²) in [5.41, 5.74) is 0. The quantitative estimate of drug-likeness (QED) is 0.449. The lowest BCUT2D eigenvalue weighted by molar-refractivity contribution is -0.165. The minimum absolute atomic E-state index is 0.308. The van der Waals surface area contributed by atoms with Crippen LogP contribution in [0, 0.1) is 5.92 Å². The molecule has 0 N–H and O–H groups in total. The molecule has 0 spiro atoms. The van der Waals surface area contributed by atoms with Gasteiger partial charge in [-0.25, -0.2) is 0 Å². The second-order valence-electron chi connectivity index (χ2n) is 2.61. The van der Waals surface area contributed by atoms with Crippen LogP contribution in [-0.2, 0) is 19.1 Å². The lowest BCUT2D eigenvalue weighted by atomic mass is 10.0. The van der Waals surface area contributed by atoms with Gasteiger partial charge in [-0.2, -0.15) is 0 Å². The van der Waals surface area contributed by atoms with E-state index in [0.717, 1.165) is 6.42 Å². The summed E-state index contributed by atoms with van der Waals surface area (Å²) in [5.74, 6) is -1.58. The first-order valence-corrected chi connectivity index (χ1v) is 4.09. The first-order chi connectivity index (χ1) is 5.75. The van der Waals surface area contributed by atoms with Gasteiger partial charge in [0.1, 0.15) is 0 Å². The van der Waals surface area contributed by atoms with Gasteiger partial charge in [0.25, 0.3) is 0 Å². The highest BCUT2D eigenvalue weighted by molar-refractivity contribution is 5.95. The highest BCUT2D eigenvalue weighted by Crippen LogP contribution is 2.16. The molecule has 0 aromatic heterocycles. The van der Waals surface area contributed by atoms with E-state index in [2.05, 4.69) is 0 Å². The molecule has 1 atom stereocenters. The first-order valence-electron chi connectivity index (χ1n) is 4.09. The van der Waals surface area contributed by atoms with Crippen LogP contribution in [-0.4, -0.2) is 25.2 Å². The van der Waals surface area contributed by atoms with Crippen LogP contribution in [0.4, 0.5) is 0 Å². The van der Waals surface area contributed by atoms with E-state index >= 15 is 0 Å². The summed E-state index contributed by atoms with van der Waals surface area (Å²) in [6.07, 6.45) is 1.30. The smallest absolute Gasteiger partial charge is 0.320 e. The average Bonchev–Trinajstić information content (AvgIpc) is 2.05. The van der Waals surface area contributed by atoms with Crippen molar-refractivity contribution < 1.29 is 19.1 Å². The van der Waals surface area contributed by atoms with Crippen LogP contribution in [0.3, 0.4) is 0 Å². The SMILES string of the molecule is CCOC(=O)C1CCCOC1=O. The van der Waals surface area contributed by atoms with E-state index in [0.29, 0.717) is 19.6 Å². The standard InChI is InChI=1S/C8H12O4/c1-2-11-7(9)6-4-3-5-12-8(6)10/h6H,2-5H2,1H3. The van der Waals surface area contributed by atoms with Gasteiger partial charge in [-0.15, -0.1) is 0 Å². The molecule has 1 heterocycles. The minimum Gasteiger partial charge on any atom is -0.465 e. The van der Waals surface area contributed by atoms with Crippen molar-refractivity contribution in [2.45, 2.75) is 19.8 Å². The van der Waals surface area contributed by atoms with Crippen LogP contribution in [0.1, 0.15) is 19.8 Å². The summed E-state index contributed by atoms with van der Waals surface area (Å²) >= 11 is 0.